The van der Waals surface area contributed by atoms with Gasteiger partial charge in [-0.25, -0.2) is 0 Å². The minimum Gasteiger partial charge on any atom is -0.480 e. The molecule has 5 nitrogen and oxygen atoms in total. The van der Waals surface area contributed by atoms with Crippen LogP contribution in [-0.2, 0) is 9.59 Å². The molecule has 0 unspecified atom stereocenters. The Balaban J connectivity index is 0. The third kappa shape index (κ3) is 13.6. The highest BCUT2D eigenvalue weighted by molar-refractivity contribution is 5.81. The monoisotopic (exact) mass is 302 g/mol. The summed E-state index contributed by atoms with van der Waals surface area (Å²) in [5, 5.41) is 8.70. The first-order valence-electron chi connectivity index (χ1n) is 8.11. The molecule has 0 atom stereocenters. The second-order valence-electron chi connectivity index (χ2n) is 5.38. The summed E-state index contributed by atoms with van der Waals surface area (Å²) < 4.78 is 0. The van der Waals surface area contributed by atoms with Crippen LogP contribution in [0.3, 0.4) is 0 Å². The summed E-state index contributed by atoms with van der Waals surface area (Å²) in [6, 6.07) is 0. The van der Waals surface area contributed by atoms with E-state index in [2.05, 4.69) is 6.92 Å². The number of carboxylic acid groups (broad SMARTS) is 1. The molecular weight excluding hydrogens is 268 g/mol. The minimum absolute atomic E-state index is 0. The standard InChI is InChI=1S/C16H31NO3.H3N/c1-3-5-6-7-8-9-10-11-12-13-15(18)17(4-2)14-16(19)20;/h3-14H2,1-2H3,(H,19,20);1H3. The lowest BCUT2D eigenvalue weighted by atomic mass is 10.1. The molecular formula is C16H34N2O3. The predicted octanol–water partition coefficient (Wildman–Crippen LogP) is 4.00. The normalized spacial score (nSPS) is 10.0. The van der Waals surface area contributed by atoms with Crippen molar-refractivity contribution in [2.45, 2.75) is 78.1 Å². The number of hydrogen-bond donors (Lipinski definition) is 2. The van der Waals surface area contributed by atoms with Gasteiger partial charge in [-0.05, 0) is 13.3 Å². The Bertz CT molecular complexity index is 270. The zero-order valence-corrected chi connectivity index (χ0v) is 13.9. The smallest absolute Gasteiger partial charge is 0.323 e. The number of rotatable bonds is 13. The molecule has 126 valence electrons. The number of carboxylic acids is 1. The molecule has 0 rings (SSSR count). The fourth-order valence-electron chi connectivity index (χ4n) is 2.28. The maximum absolute atomic E-state index is 11.8. The Labute approximate surface area is 129 Å². The van der Waals surface area contributed by atoms with E-state index in [1.807, 2.05) is 6.92 Å². The first-order valence-corrected chi connectivity index (χ1v) is 8.11. The highest BCUT2D eigenvalue weighted by Gasteiger charge is 2.13. The van der Waals surface area contributed by atoms with Gasteiger partial charge in [-0.2, -0.15) is 0 Å². The molecule has 1 amide bonds. The van der Waals surface area contributed by atoms with Gasteiger partial charge >= 0.3 is 5.97 Å². The molecule has 0 aromatic rings. The van der Waals surface area contributed by atoms with E-state index in [1.54, 1.807) is 0 Å². The average molecular weight is 302 g/mol. The molecule has 0 saturated heterocycles. The summed E-state index contributed by atoms with van der Waals surface area (Å²) in [5.41, 5.74) is 0. The van der Waals surface area contributed by atoms with E-state index in [0.717, 1.165) is 12.8 Å². The van der Waals surface area contributed by atoms with Gasteiger partial charge < -0.3 is 16.2 Å². The van der Waals surface area contributed by atoms with Crippen LogP contribution in [0.2, 0.25) is 0 Å². The van der Waals surface area contributed by atoms with Gasteiger partial charge in [0.1, 0.15) is 6.54 Å². The maximum Gasteiger partial charge on any atom is 0.323 e. The van der Waals surface area contributed by atoms with Crippen molar-refractivity contribution < 1.29 is 14.7 Å². The number of carbonyl (C=O) groups is 2. The first-order chi connectivity index (χ1) is 9.61. The molecule has 0 heterocycles. The first kappa shape index (κ1) is 22.2. The maximum atomic E-state index is 11.8. The van der Waals surface area contributed by atoms with E-state index in [0.29, 0.717) is 13.0 Å². The van der Waals surface area contributed by atoms with Crippen molar-refractivity contribution in [2.75, 3.05) is 13.1 Å². The molecule has 0 aromatic heterocycles. The van der Waals surface area contributed by atoms with E-state index in [1.165, 1.54) is 49.8 Å². The van der Waals surface area contributed by atoms with Crippen LogP contribution in [-0.4, -0.2) is 35.0 Å². The number of carbonyl (C=O) groups excluding carboxylic acids is 1. The molecule has 0 aromatic carbocycles. The molecule has 0 spiro atoms. The van der Waals surface area contributed by atoms with Gasteiger partial charge in [0.15, 0.2) is 0 Å². The topological polar surface area (TPSA) is 92.6 Å². The van der Waals surface area contributed by atoms with Crippen molar-refractivity contribution in [2.24, 2.45) is 0 Å². The lowest BCUT2D eigenvalue weighted by molar-refractivity contribution is -0.144. The lowest BCUT2D eigenvalue weighted by Crippen LogP contribution is -2.35. The van der Waals surface area contributed by atoms with Crippen LogP contribution in [0.25, 0.3) is 0 Å². The highest BCUT2D eigenvalue weighted by atomic mass is 16.4. The number of likely N-dealkylation sites (N-methyl/N-ethyl adjacent to an activating group) is 1. The summed E-state index contributed by atoms with van der Waals surface area (Å²) in [5.74, 6) is -0.967. The van der Waals surface area contributed by atoms with E-state index >= 15 is 0 Å². The van der Waals surface area contributed by atoms with Gasteiger partial charge in [0.2, 0.25) is 5.91 Å². The molecule has 21 heavy (non-hydrogen) atoms. The number of unbranched alkanes of at least 4 members (excludes halogenated alkanes) is 8. The van der Waals surface area contributed by atoms with Crippen LogP contribution in [0, 0.1) is 0 Å². The second kappa shape index (κ2) is 15.3. The van der Waals surface area contributed by atoms with Crippen LogP contribution < -0.4 is 6.15 Å². The van der Waals surface area contributed by atoms with Gasteiger partial charge in [0, 0.05) is 13.0 Å². The Morgan fingerprint density at radius 1 is 0.857 bits per heavy atom. The molecule has 4 N–H and O–H groups in total. The van der Waals surface area contributed by atoms with Crippen LogP contribution in [0.15, 0.2) is 0 Å². The predicted molar refractivity (Wildman–Crippen MR) is 86.8 cm³/mol. The zero-order valence-electron chi connectivity index (χ0n) is 13.9. The van der Waals surface area contributed by atoms with Crippen molar-refractivity contribution in [3.63, 3.8) is 0 Å². The highest BCUT2D eigenvalue weighted by Crippen LogP contribution is 2.11. The van der Waals surface area contributed by atoms with Gasteiger partial charge in [-0.15, -0.1) is 0 Å². The Morgan fingerprint density at radius 2 is 1.33 bits per heavy atom. The van der Waals surface area contributed by atoms with Crippen molar-refractivity contribution in [1.29, 1.82) is 0 Å². The second-order valence-corrected chi connectivity index (χ2v) is 5.38. The number of nitrogens with zero attached hydrogens (tertiary/aromatic N) is 1. The molecule has 0 aliphatic carbocycles. The largest absolute Gasteiger partial charge is 0.480 e. The molecule has 0 bridgehead atoms. The number of amides is 1. The summed E-state index contributed by atoms with van der Waals surface area (Å²) in [6.45, 7) is 4.34. The Hall–Kier alpha value is -1.10. The zero-order chi connectivity index (χ0) is 15.2. The van der Waals surface area contributed by atoms with Crippen molar-refractivity contribution in [3.05, 3.63) is 0 Å². The van der Waals surface area contributed by atoms with E-state index in [9.17, 15) is 9.59 Å². The van der Waals surface area contributed by atoms with Crippen molar-refractivity contribution in [3.8, 4) is 0 Å². The summed E-state index contributed by atoms with van der Waals surface area (Å²) in [4.78, 5) is 23.8. The van der Waals surface area contributed by atoms with E-state index in [-0.39, 0.29) is 18.6 Å². The van der Waals surface area contributed by atoms with Crippen LogP contribution in [0.4, 0.5) is 0 Å². The van der Waals surface area contributed by atoms with E-state index < -0.39 is 5.97 Å². The van der Waals surface area contributed by atoms with Crippen LogP contribution in [0.1, 0.15) is 78.1 Å². The fourth-order valence-corrected chi connectivity index (χ4v) is 2.28. The molecule has 0 aliphatic heterocycles. The van der Waals surface area contributed by atoms with Crippen molar-refractivity contribution >= 4 is 11.9 Å². The van der Waals surface area contributed by atoms with Gasteiger partial charge in [-0.1, -0.05) is 58.3 Å². The van der Waals surface area contributed by atoms with E-state index in [4.69, 9.17) is 5.11 Å². The summed E-state index contributed by atoms with van der Waals surface area (Å²) in [7, 11) is 0. The van der Waals surface area contributed by atoms with Gasteiger partial charge in [0.25, 0.3) is 0 Å². The third-order valence-corrected chi connectivity index (χ3v) is 3.55. The summed E-state index contributed by atoms with van der Waals surface area (Å²) >= 11 is 0. The third-order valence-electron chi connectivity index (χ3n) is 3.55. The van der Waals surface area contributed by atoms with Gasteiger partial charge in [0.05, 0.1) is 0 Å². The summed E-state index contributed by atoms with van der Waals surface area (Å²) in [6.07, 6.45) is 11.5. The fraction of sp³-hybridized carbons (Fsp3) is 0.875. The lowest BCUT2D eigenvalue weighted by Gasteiger charge is -2.18. The van der Waals surface area contributed by atoms with Crippen LogP contribution in [0.5, 0.6) is 0 Å². The minimum atomic E-state index is -0.938. The molecule has 0 saturated carbocycles. The molecule has 5 heteroatoms. The average Bonchev–Trinajstić information content (AvgIpc) is 2.42. The number of aliphatic carboxylic acids is 1. The molecule has 0 aliphatic rings. The van der Waals surface area contributed by atoms with Crippen molar-refractivity contribution in [1.82, 2.24) is 11.1 Å². The van der Waals surface area contributed by atoms with Crippen LogP contribution >= 0.6 is 0 Å². The Morgan fingerprint density at radius 3 is 1.76 bits per heavy atom. The molecule has 0 radical (unpaired) electrons. The molecule has 0 fully saturated rings. The Kier molecular flexibility index (Phi) is 16.2. The number of hydrogen-bond acceptors (Lipinski definition) is 3. The SMILES string of the molecule is CCCCCCCCCCCC(=O)N(CC)CC(=O)O.N. The van der Waals surface area contributed by atoms with Gasteiger partial charge in [-0.3, -0.25) is 9.59 Å². The quantitative estimate of drug-likeness (QED) is 0.503.